The third-order valence-electron chi connectivity index (χ3n) is 3.96. The van der Waals surface area contributed by atoms with Gasteiger partial charge in [0.05, 0.1) is 15.9 Å². The van der Waals surface area contributed by atoms with Gasteiger partial charge in [0, 0.05) is 23.9 Å². The summed E-state index contributed by atoms with van der Waals surface area (Å²) in [6, 6.07) is 7.23. The molecule has 1 amide bonds. The number of fused-ring (bicyclic) bond motifs is 2. The van der Waals surface area contributed by atoms with E-state index in [1.165, 1.54) is 21.9 Å². The van der Waals surface area contributed by atoms with Crippen LogP contribution in [-0.4, -0.2) is 25.5 Å². The minimum absolute atomic E-state index is 0.0134. The lowest BCUT2D eigenvalue weighted by Crippen LogP contribution is -2.15. The van der Waals surface area contributed by atoms with Crippen LogP contribution >= 0.6 is 34.4 Å². The normalized spacial score (nSPS) is 11.4. The Balaban J connectivity index is 1.53. The van der Waals surface area contributed by atoms with Crippen LogP contribution in [0.15, 0.2) is 33.4 Å². The second-order valence-corrected chi connectivity index (χ2v) is 9.28. The van der Waals surface area contributed by atoms with Crippen LogP contribution in [0.5, 0.6) is 0 Å². The van der Waals surface area contributed by atoms with E-state index in [0.717, 1.165) is 37.4 Å². The second-order valence-electron chi connectivity index (χ2n) is 5.98. The highest BCUT2D eigenvalue weighted by Crippen LogP contribution is 2.32. The van der Waals surface area contributed by atoms with Gasteiger partial charge in [0.2, 0.25) is 10.9 Å². The van der Waals surface area contributed by atoms with Crippen LogP contribution in [0.3, 0.4) is 0 Å². The molecule has 7 nitrogen and oxygen atoms in total. The van der Waals surface area contributed by atoms with Crippen molar-refractivity contribution >= 4 is 61.2 Å². The summed E-state index contributed by atoms with van der Waals surface area (Å²) in [5.74, 6) is 0.546. The summed E-state index contributed by atoms with van der Waals surface area (Å²) < 4.78 is 3.27. The van der Waals surface area contributed by atoms with E-state index in [-0.39, 0.29) is 11.5 Å². The van der Waals surface area contributed by atoms with Crippen molar-refractivity contribution in [1.82, 2.24) is 19.6 Å². The Hall–Kier alpha value is -2.30. The van der Waals surface area contributed by atoms with Crippen LogP contribution in [-0.2, 0) is 17.0 Å². The fourth-order valence-electron chi connectivity index (χ4n) is 2.54. The molecule has 0 aliphatic heterocycles. The monoisotopic (exact) mass is 431 g/mol. The van der Waals surface area contributed by atoms with Gasteiger partial charge in [-0.1, -0.05) is 36.9 Å². The lowest BCUT2D eigenvalue weighted by atomic mass is 10.3. The summed E-state index contributed by atoms with van der Waals surface area (Å²) in [6.45, 7) is 3.83. The van der Waals surface area contributed by atoms with E-state index in [2.05, 4.69) is 20.4 Å². The number of carbonyl (C=O) groups is 1. The van der Waals surface area contributed by atoms with Gasteiger partial charge in [0.25, 0.3) is 5.56 Å². The van der Waals surface area contributed by atoms with Crippen LogP contribution in [0.1, 0.15) is 31.0 Å². The average Bonchev–Trinajstić information content (AvgIpc) is 3.29. The predicted molar refractivity (Wildman–Crippen MR) is 115 cm³/mol. The first kappa shape index (κ1) is 19.0. The molecule has 0 radical (unpaired) electrons. The topological polar surface area (TPSA) is 89.2 Å². The Morgan fingerprint density at radius 1 is 1.21 bits per heavy atom. The first-order chi connectivity index (χ1) is 13.6. The van der Waals surface area contributed by atoms with Crippen LogP contribution in [0.25, 0.3) is 15.2 Å². The summed E-state index contributed by atoms with van der Waals surface area (Å²) in [5.41, 5.74) is 2.23. The molecule has 10 heteroatoms. The van der Waals surface area contributed by atoms with Crippen LogP contribution in [0.4, 0.5) is 5.69 Å². The van der Waals surface area contributed by atoms with Crippen molar-refractivity contribution < 1.29 is 4.79 Å². The molecule has 1 aromatic carbocycles. The Bertz CT molecular complexity index is 1230. The zero-order chi connectivity index (χ0) is 19.7. The van der Waals surface area contributed by atoms with Gasteiger partial charge in [-0.3, -0.25) is 9.59 Å². The molecule has 28 heavy (non-hydrogen) atoms. The number of nitrogens with one attached hydrogen (secondary N) is 1. The number of hydrogen-bond donors (Lipinski definition) is 1. The van der Waals surface area contributed by atoms with Crippen LogP contribution in [0.2, 0.25) is 0 Å². The van der Waals surface area contributed by atoms with Crippen molar-refractivity contribution in [3.05, 3.63) is 45.3 Å². The first-order valence-corrected chi connectivity index (χ1v) is 11.4. The molecule has 1 N–H and O–H groups in total. The standard InChI is InChI=1S/C18H17N5O2S3/c1-3-14(24)19-10-5-6-12-13(7-10)27-18(21-12)26-9-11-8-16(25)23-17(20-11)28-15(4-2)22-23/h5-8H,3-4,9H2,1-2H3,(H,19,24). The van der Waals surface area contributed by atoms with Gasteiger partial charge < -0.3 is 5.32 Å². The number of thioether (sulfide) groups is 1. The van der Waals surface area contributed by atoms with E-state index < -0.39 is 0 Å². The fourth-order valence-corrected chi connectivity index (χ4v) is 5.40. The van der Waals surface area contributed by atoms with Gasteiger partial charge in [0.1, 0.15) is 5.01 Å². The minimum Gasteiger partial charge on any atom is -0.326 e. The highest BCUT2D eigenvalue weighted by molar-refractivity contribution is 8.00. The van der Waals surface area contributed by atoms with Crippen LogP contribution in [0, 0.1) is 0 Å². The number of aryl methyl sites for hydroxylation is 1. The van der Waals surface area contributed by atoms with Crippen molar-refractivity contribution in [2.24, 2.45) is 0 Å². The molecule has 0 aliphatic carbocycles. The first-order valence-electron chi connectivity index (χ1n) is 8.77. The Morgan fingerprint density at radius 2 is 2.07 bits per heavy atom. The molecular formula is C18H17N5O2S3. The molecule has 0 spiro atoms. The molecule has 4 rings (SSSR count). The van der Waals surface area contributed by atoms with Crippen molar-refractivity contribution in [2.75, 3.05) is 5.32 Å². The number of nitrogens with zero attached hydrogens (tertiary/aromatic N) is 4. The molecule has 0 fully saturated rings. The molecule has 0 saturated heterocycles. The summed E-state index contributed by atoms with van der Waals surface area (Å²) in [6.07, 6.45) is 1.22. The third kappa shape index (κ3) is 3.94. The smallest absolute Gasteiger partial charge is 0.275 e. The van der Waals surface area contributed by atoms with E-state index in [1.807, 2.05) is 32.0 Å². The average molecular weight is 432 g/mol. The molecule has 0 aliphatic rings. The number of rotatable bonds is 6. The SMILES string of the molecule is CCC(=O)Nc1ccc2nc(SCc3cc(=O)n4nc(CC)sc4n3)sc2c1. The Morgan fingerprint density at radius 3 is 2.86 bits per heavy atom. The highest BCUT2D eigenvalue weighted by Gasteiger charge is 2.11. The minimum atomic E-state index is -0.155. The van der Waals surface area contributed by atoms with Gasteiger partial charge in [-0.15, -0.1) is 11.3 Å². The summed E-state index contributed by atoms with van der Waals surface area (Å²) in [7, 11) is 0. The van der Waals surface area contributed by atoms with Crippen molar-refractivity contribution in [3.63, 3.8) is 0 Å². The number of carbonyl (C=O) groups excluding carboxylic acids is 1. The Labute approximate surface area is 172 Å². The number of hydrogen-bond acceptors (Lipinski definition) is 8. The molecule has 0 unspecified atom stereocenters. The predicted octanol–water partition coefficient (Wildman–Crippen LogP) is 3.96. The van der Waals surface area contributed by atoms with E-state index in [0.29, 0.717) is 17.1 Å². The number of thiazole rings is 1. The molecule has 0 bridgehead atoms. The summed E-state index contributed by atoms with van der Waals surface area (Å²) in [4.78, 5) is 33.6. The van der Waals surface area contributed by atoms with Crippen molar-refractivity contribution in [2.45, 2.75) is 36.8 Å². The molecule has 4 aromatic rings. The number of aromatic nitrogens is 4. The van der Waals surface area contributed by atoms with Crippen molar-refractivity contribution in [3.8, 4) is 0 Å². The maximum Gasteiger partial charge on any atom is 0.275 e. The molecule has 144 valence electrons. The van der Waals surface area contributed by atoms with E-state index in [1.54, 1.807) is 23.1 Å². The van der Waals surface area contributed by atoms with Gasteiger partial charge >= 0.3 is 0 Å². The number of anilines is 1. The molecule has 3 heterocycles. The Kier molecular flexibility index (Phi) is 5.42. The summed E-state index contributed by atoms with van der Waals surface area (Å²) >= 11 is 4.55. The zero-order valence-electron chi connectivity index (χ0n) is 15.3. The van der Waals surface area contributed by atoms with Gasteiger partial charge in [-0.05, 0) is 24.6 Å². The quantitative estimate of drug-likeness (QED) is 0.465. The maximum absolute atomic E-state index is 12.2. The lowest BCUT2D eigenvalue weighted by molar-refractivity contribution is -0.115. The van der Waals surface area contributed by atoms with Gasteiger partial charge in [-0.2, -0.15) is 9.61 Å². The number of benzene rings is 1. The molecular weight excluding hydrogens is 414 g/mol. The van der Waals surface area contributed by atoms with E-state index in [9.17, 15) is 9.59 Å². The molecule has 0 saturated carbocycles. The highest BCUT2D eigenvalue weighted by atomic mass is 32.2. The van der Waals surface area contributed by atoms with E-state index >= 15 is 0 Å². The molecule has 0 atom stereocenters. The second kappa shape index (κ2) is 7.98. The van der Waals surface area contributed by atoms with Crippen LogP contribution < -0.4 is 10.9 Å². The maximum atomic E-state index is 12.2. The number of amides is 1. The largest absolute Gasteiger partial charge is 0.326 e. The third-order valence-corrected chi connectivity index (χ3v) is 7.21. The zero-order valence-corrected chi connectivity index (χ0v) is 17.7. The van der Waals surface area contributed by atoms with E-state index in [4.69, 9.17) is 0 Å². The van der Waals surface area contributed by atoms with Crippen molar-refractivity contribution in [1.29, 1.82) is 0 Å². The summed E-state index contributed by atoms with van der Waals surface area (Å²) in [5, 5.41) is 8.02. The fraction of sp³-hybridized carbons (Fsp3) is 0.278. The van der Waals surface area contributed by atoms with Gasteiger partial charge in [-0.25, -0.2) is 9.97 Å². The lowest BCUT2D eigenvalue weighted by Gasteiger charge is -2.02. The molecule has 3 aromatic heterocycles. The van der Waals surface area contributed by atoms with Gasteiger partial charge in [0.15, 0.2) is 4.34 Å².